The Bertz CT molecular complexity index is 870. The largest absolute Gasteiger partial charge is 0.494 e. The number of nitrogens with one attached hydrogen (secondary N) is 1. The van der Waals surface area contributed by atoms with Crippen LogP contribution in [0.4, 0.5) is 0 Å². The summed E-state index contributed by atoms with van der Waals surface area (Å²) >= 11 is 0. The maximum atomic E-state index is 7.06. The minimum absolute atomic E-state index is 0.547. The van der Waals surface area contributed by atoms with Crippen LogP contribution >= 0.6 is 0 Å². The second kappa shape index (κ2) is 9.24. The van der Waals surface area contributed by atoms with Crippen molar-refractivity contribution in [1.82, 2.24) is 9.78 Å². The number of nitrogens with zero attached hydrogens (tertiary/aromatic N) is 2. The lowest BCUT2D eigenvalue weighted by Crippen LogP contribution is -2.04. The van der Waals surface area contributed by atoms with Gasteiger partial charge in [0.15, 0.2) is 0 Å². The molecular weight excluding hydrogens is 340 g/mol. The van der Waals surface area contributed by atoms with E-state index < -0.39 is 0 Å². The number of hydrogen-bond donors (Lipinski definition) is 2. The van der Waals surface area contributed by atoms with Gasteiger partial charge in [0, 0.05) is 37.3 Å². The number of benzene rings is 2. The van der Waals surface area contributed by atoms with Crippen LogP contribution in [0.15, 0.2) is 73.1 Å². The van der Waals surface area contributed by atoms with Gasteiger partial charge in [0.05, 0.1) is 6.61 Å². The van der Waals surface area contributed by atoms with Crippen molar-refractivity contribution < 1.29 is 9.47 Å². The second-order valence-corrected chi connectivity index (χ2v) is 5.86. The highest BCUT2D eigenvalue weighted by atomic mass is 16.5. The molecule has 0 atom stereocenters. The van der Waals surface area contributed by atoms with Crippen LogP contribution in [-0.2, 0) is 6.54 Å². The third-order valence-corrected chi connectivity index (χ3v) is 3.87. The number of allylic oxidation sites excluding steroid dienone is 1. The molecule has 3 N–H and O–H groups in total. The van der Waals surface area contributed by atoms with Crippen LogP contribution < -0.4 is 15.2 Å². The quantitative estimate of drug-likeness (QED) is 0.443. The summed E-state index contributed by atoms with van der Waals surface area (Å²) in [5, 5.41) is 11.2. The summed E-state index contributed by atoms with van der Waals surface area (Å²) in [5.74, 6) is 2.26. The van der Waals surface area contributed by atoms with Crippen molar-refractivity contribution in [3.63, 3.8) is 0 Å². The fraction of sp³-hybridized carbons (Fsp3) is 0.143. The van der Waals surface area contributed by atoms with Gasteiger partial charge in [-0.25, -0.2) is 0 Å². The Morgan fingerprint density at radius 1 is 1.04 bits per heavy atom. The Kier molecular flexibility index (Phi) is 6.25. The summed E-state index contributed by atoms with van der Waals surface area (Å²) in [6, 6.07) is 16.9. The minimum Gasteiger partial charge on any atom is -0.494 e. The third kappa shape index (κ3) is 5.47. The van der Waals surface area contributed by atoms with Gasteiger partial charge in [-0.15, -0.1) is 0 Å². The van der Waals surface area contributed by atoms with Gasteiger partial charge in [-0.05, 0) is 66.2 Å². The monoisotopic (exact) mass is 362 g/mol. The molecule has 0 radical (unpaired) electrons. The topological polar surface area (TPSA) is 86.2 Å². The number of ether oxygens (including phenoxy) is 2. The predicted molar refractivity (Wildman–Crippen MR) is 106 cm³/mol. The standard InChI is InChI=1S/C21H22N4O2/c22-12-11-21(23)17-3-5-19(6-4-17)27-20-9-7-18(8-10-20)26-16-2-15-25-14-1-13-24-25/h1,3-14,22H,2,15-16,23H2/b21-11-,22-12?. The lowest BCUT2D eigenvalue weighted by atomic mass is 10.1. The highest BCUT2D eigenvalue weighted by Crippen LogP contribution is 2.25. The molecule has 0 aliphatic rings. The van der Waals surface area contributed by atoms with Crippen LogP contribution in [0.5, 0.6) is 17.2 Å². The van der Waals surface area contributed by atoms with E-state index >= 15 is 0 Å². The van der Waals surface area contributed by atoms with Gasteiger partial charge in [0.25, 0.3) is 0 Å². The van der Waals surface area contributed by atoms with Gasteiger partial charge >= 0.3 is 0 Å². The van der Waals surface area contributed by atoms with Crippen LogP contribution in [0.1, 0.15) is 12.0 Å². The van der Waals surface area contributed by atoms with Gasteiger partial charge in [-0.3, -0.25) is 4.68 Å². The molecule has 0 fully saturated rings. The maximum absolute atomic E-state index is 7.06. The summed E-state index contributed by atoms with van der Waals surface area (Å²) in [6.07, 6.45) is 7.32. The molecule has 27 heavy (non-hydrogen) atoms. The van der Waals surface area contributed by atoms with Crippen molar-refractivity contribution in [3.8, 4) is 17.2 Å². The van der Waals surface area contributed by atoms with Gasteiger partial charge in [0.1, 0.15) is 17.2 Å². The fourth-order valence-corrected chi connectivity index (χ4v) is 2.49. The zero-order chi connectivity index (χ0) is 18.9. The summed E-state index contributed by atoms with van der Waals surface area (Å²) in [4.78, 5) is 0. The molecule has 3 aromatic rings. The zero-order valence-electron chi connectivity index (χ0n) is 14.9. The summed E-state index contributed by atoms with van der Waals surface area (Å²) in [7, 11) is 0. The van der Waals surface area contributed by atoms with Crippen molar-refractivity contribution in [2.45, 2.75) is 13.0 Å². The molecule has 0 unspecified atom stereocenters. The zero-order valence-corrected chi connectivity index (χ0v) is 14.9. The van der Waals surface area contributed by atoms with Crippen molar-refractivity contribution in [2.24, 2.45) is 5.73 Å². The number of nitrogens with two attached hydrogens (primary N) is 1. The fourth-order valence-electron chi connectivity index (χ4n) is 2.49. The van der Waals surface area contributed by atoms with E-state index in [1.54, 1.807) is 12.3 Å². The number of aryl methyl sites for hydroxylation is 1. The Hall–Kier alpha value is -3.54. The molecule has 0 bridgehead atoms. The van der Waals surface area contributed by atoms with Gasteiger partial charge in [-0.2, -0.15) is 5.10 Å². The molecule has 6 nitrogen and oxygen atoms in total. The van der Waals surface area contributed by atoms with E-state index in [1.807, 2.05) is 65.5 Å². The van der Waals surface area contributed by atoms with E-state index in [0.29, 0.717) is 18.1 Å². The maximum Gasteiger partial charge on any atom is 0.127 e. The first kappa shape index (κ1) is 18.3. The first-order valence-electron chi connectivity index (χ1n) is 8.69. The van der Waals surface area contributed by atoms with E-state index in [-0.39, 0.29) is 0 Å². The van der Waals surface area contributed by atoms with Crippen LogP contribution in [-0.4, -0.2) is 22.6 Å². The molecule has 0 spiro atoms. The van der Waals surface area contributed by atoms with Crippen LogP contribution in [0.3, 0.4) is 0 Å². The molecule has 0 saturated heterocycles. The van der Waals surface area contributed by atoms with E-state index in [2.05, 4.69) is 5.10 Å². The summed E-state index contributed by atoms with van der Waals surface area (Å²) in [6.45, 7) is 1.47. The van der Waals surface area contributed by atoms with Crippen LogP contribution in [0, 0.1) is 5.41 Å². The number of hydrogen-bond acceptors (Lipinski definition) is 5. The summed E-state index contributed by atoms with van der Waals surface area (Å²) < 4.78 is 13.5. The molecule has 2 aromatic carbocycles. The molecular formula is C21H22N4O2. The highest BCUT2D eigenvalue weighted by molar-refractivity contribution is 5.81. The minimum atomic E-state index is 0.547. The lowest BCUT2D eigenvalue weighted by Gasteiger charge is -2.09. The first-order chi connectivity index (χ1) is 13.2. The Morgan fingerprint density at radius 3 is 2.33 bits per heavy atom. The van der Waals surface area contributed by atoms with E-state index in [0.717, 1.165) is 30.0 Å². The Labute approximate surface area is 158 Å². The number of aromatic nitrogens is 2. The van der Waals surface area contributed by atoms with Gasteiger partial charge in [-0.1, -0.05) is 0 Å². The highest BCUT2D eigenvalue weighted by Gasteiger charge is 2.01. The van der Waals surface area contributed by atoms with Crippen molar-refractivity contribution >= 4 is 11.9 Å². The second-order valence-electron chi connectivity index (χ2n) is 5.86. The molecule has 6 heteroatoms. The molecule has 0 saturated carbocycles. The van der Waals surface area contributed by atoms with Gasteiger partial charge in [0.2, 0.25) is 0 Å². The molecule has 1 aromatic heterocycles. The van der Waals surface area contributed by atoms with Crippen molar-refractivity contribution in [2.75, 3.05) is 6.61 Å². The molecule has 0 amide bonds. The number of rotatable bonds is 9. The molecule has 138 valence electrons. The Balaban J connectivity index is 1.48. The van der Waals surface area contributed by atoms with Crippen molar-refractivity contribution in [3.05, 3.63) is 78.6 Å². The summed E-state index contributed by atoms with van der Waals surface area (Å²) in [5.41, 5.74) is 7.25. The van der Waals surface area contributed by atoms with E-state index in [1.165, 1.54) is 6.21 Å². The average molecular weight is 362 g/mol. The molecule has 0 aliphatic heterocycles. The molecule has 1 heterocycles. The van der Waals surface area contributed by atoms with Gasteiger partial charge < -0.3 is 20.6 Å². The first-order valence-corrected chi connectivity index (χ1v) is 8.69. The third-order valence-electron chi connectivity index (χ3n) is 3.87. The van der Waals surface area contributed by atoms with Crippen LogP contribution in [0.2, 0.25) is 0 Å². The normalized spacial score (nSPS) is 11.2. The average Bonchev–Trinajstić information content (AvgIpc) is 3.21. The van der Waals surface area contributed by atoms with E-state index in [4.69, 9.17) is 20.6 Å². The lowest BCUT2D eigenvalue weighted by molar-refractivity contribution is 0.298. The predicted octanol–water partition coefficient (Wildman–Crippen LogP) is 4.09. The smallest absolute Gasteiger partial charge is 0.127 e. The van der Waals surface area contributed by atoms with Crippen LogP contribution in [0.25, 0.3) is 5.70 Å². The SMILES string of the molecule is N=C/C=C(\N)c1ccc(Oc2ccc(OCCCn3cccn3)cc2)cc1. The Morgan fingerprint density at radius 2 is 1.70 bits per heavy atom. The van der Waals surface area contributed by atoms with E-state index in [9.17, 15) is 0 Å². The molecule has 0 aliphatic carbocycles. The molecule has 3 rings (SSSR count). The van der Waals surface area contributed by atoms with Crippen molar-refractivity contribution in [1.29, 1.82) is 5.41 Å².